The molecule has 0 radical (unpaired) electrons. The fourth-order valence-corrected chi connectivity index (χ4v) is 2.65. The van der Waals surface area contributed by atoms with Crippen LogP contribution in [0.15, 0.2) is 18.2 Å². The number of carbonyl (C=O) groups excluding carboxylic acids is 1. The van der Waals surface area contributed by atoms with Gasteiger partial charge in [0.2, 0.25) is 0 Å². The number of nitrogens with zero attached hydrogens (tertiary/aromatic N) is 2. The second-order valence-corrected chi connectivity index (χ2v) is 6.53. The first-order valence-electron chi connectivity index (χ1n) is 7.37. The standard InChI is InChI=1S/C16H18Cl3N3O/c1-3-4-7-22(9-11-5-6-12(17)13(18)8-11)16(23)15-14(19)10(2)20-21-15/h5-6,8H,3-4,7,9H2,1-2H3,(H,20,21). The van der Waals surface area contributed by atoms with Gasteiger partial charge in [-0.15, -0.1) is 0 Å². The lowest BCUT2D eigenvalue weighted by molar-refractivity contribution is 0.0735. The average Bonchev–Trinajstić information content (AvgIpc) is 2.86. The molecule has 23 heavy (non-hydrogen) atoms. The summed E-state index contributed by atoms with van der Waals surface area (Å²) in [5.41, 5.74) is 1.84. The lowest BCUT2D eigenvalue weighted by Gasteiger charge is -2.22. The highest BCUT2D eigenvalue weighted by Crippen LogP contribution is 2.24. The lowest BCUT2D eigenvalue weighted by atomic mass is 10.2. The Morgan fingerprint density at radius 1 is 1.26 bits per heavy atom. The maximum atomic E-state index is 12.7. The molecule has 124 valence electrons. The third kappa shape index (κ3) is 4.40. The molecule has 0 saturated heterocycles. The van der Waals surface area contributed by atoms with Crippen LogP contribution >= 0.6 is 34.8 Å². The van der Waals surface area contributed by atoms with Gasteiger partial charge in [-0.3, -0.25) is 9.89 Å². The van der Waals surface area contributed by atoms with E-state index < -0.39 is 0 Å². The number of benzene rings is 1. The molecule has 0 aliphatic carbocycles. The Morgan fingerprint density at radius 2 is 2.00 bits per heavy atom. The quantitative estimate of drug-likeness (QED) is 0.762. The molecule has 0 saturated carbocycles. The van der Waals surface area contributed by atoms with Crippen molar-refractivity contribution in [1.29, 1.82) is 0 Å². The van der Waals surface area contributed by atoms with Crippen molar-refractivity contribution < 1.29 is 4.79 Å². The van der Waals surface area contributed by atoms with Gasteiger partial charge in [0.1, 0.15) is 0 Å². The second kappa shape index (κ2) is 8.04. The topological polar surface area (TPSA) is 49.0 Å². The normalized spacial score (nSPS) is 10.8. The number of hydrogen-bond acceptors (Lipinski definition) is 2. The molecular weight excluding hydrogens is 357 g/mol. The highest BCUT2D eigenvalue weighted by atomic mass is 35.5. The van der Waals surface area contributed by atoms with Crippen LogP contribution in [0, 0.1) is 6.92 Å². The summed E-state index contributed by atoms with van der Waals surface area (Å²) < 4.78 is 0. The molecule has 1 N–H and O–H groups in total. The Hall–Kier alpha value is -1.23. The Labute approximate surface area is 150 Å². The zero-order valence-electron chi connectivity index (χ0n) is 13.0. The Morgan fingerprint density at radius 3 is 2.57 bits per heavy atom. The van der Waals surface area contributed by atoms with Gasteiger partial charge in [0.15, 0.2) is 5.69 Å². The molecule has 0 aliphatic heterocycles. The van der Waals surface area contributed by atoms with Crippen molar-refractivity contribution in [2.75, 3.05) is 6.54 Å². The number of amides is 1. The summed E-state index contributed by atoms with van der Waals surface area (Å²) in [6.45, 7) is 4.91. The number of aromatic nitrogens is 2. The Kier molecular flexibility index (Phi) is 6.33. The fourth-order valence-electron chi connectivity index (χ4n) is 2.17. The molecule has 0 fully saturated rings. The summed E-state index contributed by atoms with van der Waals surface area (Å²) >= 11 is 18.1. The molecule has 7 heteroatoms. The number of aryl methyl sites for hydroxylation is 1. The number of unbranched alkanes of at least 4 members (excludes halogenated alkanes) is 1. The summed E-state index contributed by atoms with van der Waals surface area (Å²) in [4.78, 5) is 14.5. The van der Waals surface area contributed by atoms with Gasteiger partial charge in [0.05, 0.1) is 20.8 Å². The van der Waals surface area contributed by atoms with Gasteiger partial charge in [-0.2, -0.15) is 5.10 Å². The minimum absolute atomic E-state index is 0.195. The van der Waals surface area contributed by atoms with Crippen LogP contribution < -0.4 is 0 Å². The number of aromatic amines is 1. The molecule has 0 unspecified atom stereocenters. The monoisotopic (exact) mass is 373 g/mol. The first-order chi connectivity index (χ1) is 10.9. The minimum atomic E-state index is -0.195. The summed E-state index contributed by atoms with van der Waals surface area (Å²) in [7, 11) is 0. The number of nitrogens with one attached hydrogen (secondary N) is 1. The molecule has 1 aromatic heterocycles. The van der Waals surface area contributed by atoms with Gasteiger partial charge >= 0.3 is 0 Å². The van der Waals surface area contributed by atoms with E-state index in [-0.39, 0.29) is 11.6 Å². The summed E-state index contributed by atoms with van der Waals surface area (Å²) in [5.74, 6) is -0.195. The number of hydrogen-bond donors (Lipinski definition) is 1. The van der Waals surface area contributed by atoms with Crippen LogP contribution in [0.5, 0.6) is 0 Å². The fraction of sp³-hybridized carbons (Fsp3) is 0.375. The van der Waals surface area contributed by atoms with Crippen LogP contribution in [0.4, 0.5) is 0 Å². The van der Waals surface area contributed by atoms with E-state index in [1.54, 1.807) is 24.0 Å². The van der Waals surface area contributed by atoms with Crippen LogP contribution in [0.3, 0.4) is 0 Å². The average molecular weight is 375 g/mol. The third-order valence-corrected chi connectivity index (χ3v) is 4.70. The van der Waals surface area contributed by atoms with Crippen molar-refractivity contribution >= 4 is 40.7 Å². The first-order valence-corrected chi connectivity index (χ1v) is 8.51. The summed E-state index contributed by atoms with van der Waals surface area (Å²) in [6, 6.07) is 5.36. The van der Waals surface area contributed by atoms with Crippen molar-refractivity contribution in [3.05, 3.63) is 50.2 Å². The minimum Gasteiger partial charge on any atom is -0.333 e. The molecule has 2 aromatic rings. The van der Waals surface area contributed by atoms with Gasteiger partial charge in [-0.1, -0.05) is 54.2 Å². The van der Waals surface area contributed by atoms with Crippen LogP contribution in [-0.2, 0) is 6.54 Å². The second-order valence-electron chi connectivity index (χ2n) is 5.34. The summed E-state index contributed by atoms with van der Waals surface area (Å²) in [5, 5.41) is 8.10. The molecule has 0 bridgehead atoms. The van der Waals surface area contributed by atoms with Crippen molar-refractivity contribution in [1.82, 2.24) is 15.1 Å². The molecule has 1 aromatic carbocycles. The molecule has 4 nitrogen and oxygen atoms in total. The zero-order chi connectivity index (χ0) is 17.0. The molecule has 0 atom stereocenters. The SMILES string of the molecule is CCCCN(Cc1ccc(Cl)c(Cl)c1)C(=O)c1n[nH]c(C)c1Cl. The molecule has 0 aliphatic rings. The maximum Gasteiger partial charge on any atom is 0.276 e. The maximum absolute atomic E-state index is 12.7. The van der Waals surface area contributed by atoms with E-state index in [1.807, 2.05) is 6.07 Å². The van der Waals surface area contributed by atoms with Crippen molar-refractivity contribution in [2.45, 2.75) is 33.2 Å². The van der Waals surface area contributed by atoms with E-state index in [0.717, 1.165) is 18.4 Å². The van der Waals surface area contributed by atoms with Gasteiger partial charge in [0.25, 0.3) is 5.91 Å². The Balaban J connectivity index is 2.23. The van der Waals surface area contributed by atoms with Gasteiger partial charge < -0.3 is 4.90 Å². The molecule has 1 amide bonds. The van der Waals surface area contributed by atoms with E-state index in [0.29, 0.717) is 33.9 Å². The van der Waals surface area contributed by atoms with Crippen LogP contribution in [0.2, 0.25) is 15.1 Å². The smallest absolute Gasteiger partial charge is 0.276 e. The van der Waals surface area contributed by atoms with E-state index >= 15 is 0 Å². The molecule has 1 heterocycles. The predicted molar refractivity (Wildman–Crippen MR) is 94.4 cm³/mol. The van der Waals surface area contributed by atoms with Crippen molar-refractivity contribution in [3.63, 3.8) is 0 Å². The van der Waals surface area contributed by atoms with Gasteiger partial charge in [-0.05, 0) is 31.0 Å². The van der Waals surface area contributed by atoms with E-state index in [1.165, 1.54) is 0 Å². The highest BCUT2D eigenvalue weighted by molar-refractivity contribution is 6.42. The molecule has 0 spiro atoms. The van der Waals surface area contributed by atoms with Crippen molar-refractivity contribution in [2.24, 2.45) is 0 Å². The molecule has 2 rings (SSSR count). The Bertz CT molecular complexity index is 700. The first kappa shape index (κ1) is 18.1. The van der Waals surface area contributed by atoms with Crippen LogP contribution in [0.25, 0.3) is 0 Å². The predicted octanol–water partition coefficient (Wildman–Crippen LogP) is 5.12. The lowest BCUT2D eigenvalue weighted by Crippen LogP contribution is -2.32. The number of halogens is 3. The summed E-state index contributed by atoms with van der Waals surface area (Å²) in [6.07, 6.45) is 1.88. The highest BCUT2D eigenvalue weighted by Gasteiger charge is 2.22. The number of H-pyrrole nitrogens is 1. The van der Waals surface area contributed by atoms with Gasteiger partial charge in [-0.25, -0.2) is 0 Å². The number of rotatable bonds is 6. The van der Waals surface area contributed by atoms with Gasteiger partial charge in [0, 0.05) is 13.1 Å². The van der Waals surface area contributed by atoms with Crippen LogP contribution in [-0.4, -0.2) is 27.5 Å². The number of carbonyl (C=O) groups is 1. The van der Waals surface area contributed by atoms with E-state index in [2.05, 4.69) is 17.1 Å². The zero-order valence-corrected chi connectivity index (χ0v) is 15.3. The van der Waals surface area contributed by atoms with Crippen LogP contribution in [0.1, 0.15) is 41.5 Å². The largest absolute Gasteiger partial charge is 0.333 e. The van der Waals surface area contributed by atoms with E-state index in [9.17, 15) is 4.79 Å². The van der Waals surface area contributed by atoms with Crippen molar-refractivity contribution in [3.8, 4) is 0 Å². The van der Waals surface area contributed by atoms with E-state index in [4.69, 9.17) is 34.8 Å². The third-order valence-electron chi connectivity index (χ3n) is 3.50. The molecular formula is C16H18Cl3N3O.